The third kappa shape index (κ3) is 4.88. The minimum Gasteiger partial charge on any atom is -0.490 e. The molecule has 1 saturated heterocycles. The van der Waals surface area contributed by atoms with Crippen LogP contribution in [0.2, 0.25) is 0 Å². The Bertz CT molecular complexity index is 574. The van der Waals surface area contributed by atoms with Gasteiger partial charge in [0, 0.05) is 13.1 Å². The molecule has 0 aliphatic carbocycles. The number of carbonyl (C=O) groups is 2. The van der Waals surface area contributed by atoms with Gasteiger partial charge >= 0.3 is 6.03 Å². The Morgan fingerprint density at radius 3 is 2.67 bits per heavy atom. The Morgan fingerprint density at radius 2 is 1.92 bits per heavy atom. The monoisotopic (exact) mass is 333 g/mol. The van der Waals surface area contributed by atoms with E-state index in [0.717, 1.165) is 24.8 Å². The molecule has 0 aromatic heterocycles. The van der Waals surface area contributed by atoms with Crippen molar-refractivity contribution in [2.45, 2.75) is 39.7 Å². The second-order valence-electron chi connectivity index (χ2n) is 5.50. The van der Waals surface area contributed by atoms with Crippen molar-refractivity contribution >= 4 is 11.9 Å². The summed E-state index contributed by atoms with van der Waals surface area (Å²) in [5.41, 5.74) is 0.890. The van der Waals surface area contributed by atoms with Crippen LogP contribution in [0.3, 0.4) is 0 Å². The lowest BCUT2D eigenvalue weighted by Crippen LogP contribution is -2.43. The van der Waals surface area contributed by atoms with Gasteiger partial charge < -0.3 is 14.8 Å². The van der Waals surface area contributed by atoms with Crippen LogP contribution in [0, 0.1) is 6.42 Å². The van der Waals surface area contributed by atoms with Crippen LogP contribution >= 0.6 is 0 Å². The Morgan fingerprint density at radius 1 is 1.17 bits per heavy atom. The van der Waals surface area contributed by atoms with Gasteiger partial charge in [0.15, 0.2) is 11.5 Å². The van der Waals surface area contributed by atoms with Crippen LogP contribution < -0.4 is 14.8 Å². The third-order valence-corrected chi connectivity index (χ3v) is 3.72. The molecule has 131 valence electrons. The lowest BCUT2D eigenvalue weighted by molar-refractivity contribution is -0.124. The molecule has 0 saturated carbocycles. The van der Waals surface area contributed by atoms with Gasteiger partial charge in [-0.2, -0.15) is 0 Å². The normalized spacial score (nSPS) is 14.9. The van der Waals surface area contributed by atoms with E-state index in [1.807, 2.05) is 32.0 Å². The zero-order chi connectivity index (χ0) is 17.4. The molecule has 6 nitrogen and oxygen atoms in total. The molecule has 1 aromatic carbocycles. The largest absolute Gasteiger partial charge is 0.490 e. The topological polar surface area (TPSA) is 67.9 Å². The molecule has 1 aliphatic rings. The predicted molar refractivity (Wildman–Crippen MR) is 90.9 cm³/mol. The van der Waals surface area contributed by atoms with Crippen LogP contribution in [0.5, 0.6) is 11.5 Å². The highest BCUT2D eigenvalue weighted by Gasteiger charge is 2.23. The van der Waals surface area contributed by atoms with Crippen LogP contribution in [0.15, 0.2) is 18.2 Å². The smallest absolute Gasteiger partial charge is 0.324 e. The first-order valence-corrected chi connectivity index (χ1v) is 8.46. The summed E-state index contributed by atoms with van der Waals surface area (Å²) in [6, 6.07) is 5.21. The Balaban J connectivity index is 1.98. The summed E-state index contributed by atoms with van der Waals surface area (Å²) in [5.74, 6) is 1.13. The van der Waals surface area contributed by atoms with E-state index in [4.69, 9.17) is 9.47 Å². The summed E-state index contributed by atoms with van der Waals surface area (Å²) in [6.45, 7) is 5.71. The molecule has 0 atom stereocenters. The number of benzene rings is 1. The fourth-order valence-electron chi connectivity index (χ4n) is 2.54. The zero-order valence-electron chi connectivity index (χ0n) is 14.3. The molecule has 3 amide bonds. The highest BCUT2D eigenvalue weighted by Crippen LogP contribution is 2.28. The first-order valence-electron chi connectivity index (χ1n) is 8.46. The Labute approximate surface area is 143 Å². The standard InChI is InChI=1S/C18H25N2O4/c1-3-23-15-10-9-14(12-16(15)24-4-2)13-19-18(22)20-11-7-5-6-8-17(20)21/h8-10,12H,3-7,11,13H2,1-2H3,(H,19,22). The molecule has 1 aromatic rings. The number of urea groups is 1. The maximum Gasteiger partial charge on any atom is 0.324 e. The van der Waals surface area contributed by atoms with Crippen LogP contribution in [-0.2, 0) is 11.3 Å². The Kier molecular flexibility index (Phi) is 6.90. The number of hydrogen-bond acceptors (Lipinski definition) is 4. The highest BCUT2D eigenvalue weighted by atomic mass is 16.5. The van der Waals surface area contributed by atoms with E-state index < -0.39 is 0 Å². The molecule has 0 unspecified atom stereocenters. The van der Waals surface area contributed by atoms with Gasteiger partial charge in [-0.3, -0.25) is 9.69 Å². The third-order valence-electron chi connectivity index (χ3n) is 3.72. The van der Waals surface area contributed by atoms with Gasteiger partial charge in [0.1, 0.15) is 0 Å². The maximum absolute atomic E-state index is 12.2. The van der Waals surface area contributed by atoms with E-state index in [0.29, 0.717) is 37.8 Å². The van der Waals surface area contributed by atoms with Gasteiger partial charge in [-0.15, -0.1) is 0 Å². The second-order valence-corrected chi connectivity index (χ2v) is 5.50. The molecular formula is C18H25N2O4. The van der Waals surface area contributed by atoms with Gasteiger partial charge in [-0.25, -0.2) is 4.79 Å². The molecule has 24 heavy (non-hydrogen) atoms. The molecule has 6 heteroatoms. The zero-order valence-corrected chi connectivity index (χ0v) is 14.3. The highest BCUT2D eigenvalue weighted by molar-refractivity contribution is 5.98. The van der Waals surface area contributed by atoms with E-state index in [2.05, 4.69) is 5.32 Å². The van der Waals surface area contributed by atoms with E-state index in [-0.39, 0.29) is 11.9 Å². The van der Waals surface area contributed by atoms with Gasteiger partial charge in [0.25, 0.3) is 0 Å². The van der Waals surface area contributed by atoms with Gasteiger partial charge in [-0.1, -0.05) is 12.5 Å². The average molecular weight is 333 g/mol. The number of rotatable bonds is 6. The minimum atomic E-state index is -0.356. The number of ether oxygens (including phenoxy) is 2. The van der Waals surface area contributed by atoms with E-state index in [1.54, 1.807) is 6.42 Å². The number of imide groups is 1. The van der Waals surface area contributed by atoms with Crippen molar-refractivity contribution < 1.29 is 19.1 Å². The SMILES string of the molecule is CCOc1ccc(CNC(=O)N2CCCC[CH]C2=O)cc1OCC. The van der Waals surface area contributed by atoms with E-state index in [9.17, 15) is 9.59 Å². The van der Waals surface area contributed by atoms with E-state index >= 15 is 0 Å². The van der Waals surface area contributed by atoms with Crippen molar-refractivity contribution in [3.8, 4) is 11.5 Å². The number of nitrogens with zero attached hydrogens (tertiary/aromatic N) is 1. The molecule has 1 N–H and O–H groups in total. The van der Waals surface area contributed by atoms with Crippen LogP contribution in [0.4, 0.5) is 4.79 Å². The van der Waals surface area contributed by atoms with E-state index in [1.165, 1.54) is 4.90 Å². The summed E-state index contributed by atoms with van der Waals surface area (Å²) in [5, 5.41) is 2.80. The maximum atomic E-state index is 12.2. The second kappa shape index (κ2) is 9.15. The van der Waals surface area contributed by atoms with Crippen LogP contribution in [0.1, 0.15) is 38.7 Å². The van der Waals surface area contributed by atoms with Crippen molar-refractivity contribution in [1.29, 1.82) is 0 Å². The number of carbonyl (C=O) groups excluding carboxylic acids is 2. The predicted octanol–water partition coefficient (Wildman–Crippen LogP) is 2.91. The number of likely N-dealkylation sites (tertiary alicyclic amines) is 1. The molecule has 1 radical (unpaired) electrons. The summed E-state index contributed by atoms with van der Waals surface area (Å²) in [7, 11) is 0. The molecule has 1 fully saturated rings. The fraction of sp³-hybridized carbons (Fsp3) is 0.500. The first-order chi connectivity index (χ1) is 11.7. The number of nitrogens with one attached hydrogen (secondary N) is 1. The average Bonchev–Trinajstić information content (AvgIpc) is 2.79. The number of hydrogen-bond donors (Lipinski definition) is 1. The van der Waals surface area contributed by atoms with Crippen molar-refractivity contribution in [2.75, 3.05) is 19.8 Å². The summed E-state index contributed by atoms with van der Waals surface area (Å²) >= 11 is 0. The molecule has 1 heterocycles. The van der Waals surface area contributed by atoms with Crippen molar-refractivity contribution in [3.63, 3.8) is 0 Å². The summed E-state index contributed by atoms with van der Waals surface area (Å²) in [6.07, 6.45) is 4.09. The van der Waals surface area contributed by atoms with Gasteiger partial charge in [0.05, 0.1) is 19.6 Å². The molecular weight excluding hydrogens is 308 g/mol. The minimum absolute atomic E-state index is 0.216. The fourth-order valence-corrected chi connectivity index (χ4v) is 2.54. The lowest BCUT2D eigenvalue weighted by Gasteiger charge is -2.19. The van der Waals surface area contributed by atoms with Crippen molar-refractivity contribution in [3.05, 3.63) is 30.2 Å². The summed E-state index contributed by atoms with van der Waals surface area (Å²) in [4.78, 5) is 25.4. The molecule has 1 aliphatic heterocycles. The van der Waals surface area contributed by atoms with Crippen molar-refractivity contribution in [1.82, 2.24) is 10.2 Å². The first kappa shape index (κ1) is 18.1. The quantitative estimate of drug-likeness (QED) is 0.869. The molecule has 2 rings (SSSR count). The van der Waals surface area contributed by atoms with Crippen LogP contribution in [0.25, 0.3) is 0 Å². The lowest BCUT2D eigenvalue weighted by atomic mass is 10.2. The number of amides is 3. The van der Waals surface area contributed by atoms with Gasteiger partial charge in [0.2, 0.25) is 5.91 Å². The summed E-state index contributed by atoms with van der Waals surface area (Å²) < 4.78 is 11.1. The van der Waals surface area contributed by atoms with Gasteiger partial charge in [-0.05, 0) is 44.4 Å². The molecule has 0 spiro atoms. The van der Waals surface area contributed by atoms with Crippen molar-refractivity contribution in [2.24, 2.45) is 0 Å². The molecule has 0 bridgehead atoms. The Hall–Kier alpha value is -2.24. The van der Waals surface area contributed by atoms with Crippen LogP contribution in [-0.4, -0.2) is 36.6 Å².